The van der Waals surface area contributed by atoms with Gasteiger partial charge in [-0.05, 0) is 13.8 Å². The van der Waals surface area contributed by atoms with Crippen LogP contribution in [0.1, 0.15) is 13.8 Å². The van der Waals surface area contributed by atoms with E-state index in [2.05, 4.69) is 0 Å². The zero-order valence-corrected chi connectivity index (χ0v) is 8.41. The fourth-order valence-electron chi connectivity index (χ4n) is 0.305. The highest BCUT2D eigenvalue weighted by molar-refractivity contribution is 4.57. The lowest BCUT2D eigenvalue weighted by Crippen LogP contribution is -2.25. The third-order valence-electron chi connectivity index (χ3n) is 1.49. The van der Waals surface area contributed by atoms with Gasteiger partial charge in [0.05, 0.1) is 25.4 Å². The molecule has 0 aliphatic rings. The summed E-state index contributed by atoms with van der Waals surface area (Å²) in [5.74, 6) is 0. The molecule has 4 unspecified atom stereocenters. The van der Waals surface area contributed by atoms with Crippen molar-refractivity contribution in [1.82, 2.24) is 0 Å². The van der Waals surface area contributed by atoms with E-state index in [9.17, 15) is 0 Å². The van der Waals surface area contributed by atoms with Crippen molar-refractivity contribution in [3.8, 4) is 0 Å². The molecule has 6 heteroatoms. The Labute approximate surface area is 83.1 Å². The number of aliphatic hydroxyl groups is 6. The van der Waals surface area contributed by atoms with Gasteiger partial charge in [-0.15, -0.1) is 0 Å². The quantitative estimate of drug-likeness (QED) is 0.305. The third-order valence-corrected chi connectivity index (χ3v) is 1.49. The van der Waals surface area contributed by atoms with Gasteiger partial charge < -0.3 is 30.6 Å². The van der Waals surface area contributed by atoms with Gasteiger partial charge in [-0.2, -0.15) is 0 Å². The highest BCUT2D eigenvalue weighted by atomic mass is 16.4. The van der Waals surface area contributed by atoms with E-state index in [1.165, 1.54) is 13.8 Å². The molecule has 0 fully saturated rings. The van der Waals surface area contributed by atoms with Crippen molar-refractivity contribution >= 4 is 0 Å². The molecule has 0 spiro atoms. The van der Waals surface area contributed by atoms with Crippen LogP contribution >= 0.6 is 0 Å². The predicted octanol–water partition coefficient (Wildman–Crippen LogP) is -2.56. The van der Waals surface area contributed by atoms with Crippen LogP contribution in [-0.2, 0) is 0 Å². The second-order valence-electron chi connectivity index (χ2n) is 2.98. The lowest BCUT2D eigenvalue weighted by Gasteiger charge is -2.07. The van der Waals surface area contributed by atoms with E-state index in [0.717, 1.165) is 0 Å². The summed E-state index contributed by atoms with van der Waals surface area (Å²) in [4.78, 5) is 0. The molecule has 0 heterocycles. The Kier molecular flexibility index (Phi) is 10.8. The van der Waals surface area contributed by atoms with Gasteiger partial charge in [0.2, 0.25) is 0 Å². The Morgan fingerprint density at radius 1 is 0.714 bits per heavy atom. The van der Waals surface area contributed by atoms with Crippen molar-refractivity contribution in [1.29, 1.82) is 0 Å². The van der Waals surface area contributed by atoms with Gasteiger partial charge >= 0.3 is 0 Å². The molecular weight excluding hydrogens is 192 g/mol. The molecule has 0 saturated carbocycles. The Morgan fingerprint density at radius 2 is 0.929 bits per heavy atom. The first kappa shape index (κ1) is 16.2. The topological polar surface area (TPSA) is 121 Å². The molecular formula is C8H20O6. The average molecular weight is 212 g/mol. The Balaban J connectivity index is 0. The molecule has 0 rings (SSSR count). The smallest absolute Gasteiger partial charge is 0.103 e. The molecule has 0 aromatic rings. The molecule has 0 amide bonds. The van der Waals surface area contributed by atoms with Gasteiger partial charge in [0.15, 0.2) is 0 Å². The van der Waals surface area contributed by atoms with Crippen LogP contribution < -0.4 is 0 Å². The second-order valence-corrected chi connectivity index (χ2v) is 2.98. The van der Waals surface area contributed by atoms with Crippen LogP contribution in [0.15, 0.2) is 0 Å². The summed E-state index contributed by atoms with van der Waals surface area (Å²) in [5.41, 5.74) is 0. The lowest BCUT2D eigenvalue weighted by atomic mass is 10.2. The standard InChI is InChI=1S/2C4H10O3/c2*1-3(6)4(7)2-5/h2*3-7H,2H2,1H3. The minimum absolute atomic E-state index is 0.377. The molecule has 0 aromatic heterocycles. The first-order valence-corrected chi connectivity index (χ1v) is 4.30. The van der Waals surface area contributed by atoms with Crippen molar-refractivity contribution in [2.24, 2.45) is 0 Å². The van der Waals surface area contributed by atoms with E-state index in [0.29, 0.717) is 0 Å². The SMILES string of the molecule is CC(O)C(O)CO.CC(O)C(O)CO. The largest absolute Gasteiger partial charge is 0.394 e. The molecule has 0 bridgehead atoms. The fraction of sp³-hybridized carbons (Fsp3) is 1.00. The average Bonchev–Trinajstić information content (AvgIpc) is 2.15. The summed E-state index contributed by atoms with van der Waals surface area (Å²) in [6.45, 7) is 2.08. The van der Waals surface area contributed by atoms with Crippen LogP contribution in [0.5, 0.6) is 0 Å². The summed E-state index contributed by atoms with van der Waals surface area (Å²) < 4.78 is 0. The molecule has 6 nitrogen and oxygen atoms in total. The first-order chi connectivity index (χ1) is 6.36. The Hall–Kier alpha value is -0.240. The van der Waals surface area contributed by atoms with Crippen LogP contribution in [0.25, 0.3) is 0 Å². The molecule has 0 radical (unpaired) electrons. The maximum atomic E-state index is 8.44. The van der Waals surface area contributed by atoms with Gasteiger partial charge in [-0.1, -0.05) is 0 Å². The van der Waals surface area contributed by atoms with E-state index in [4.69, 9.17) is 30.6 Å². The highest BCUT2D eigenvalue weighted by Crippen LogP contribution is 1.87. The normalized spacial score (nSPS) is 18.9. The van der Waals surface area contributed by atoms with Gasteiger partial charge in [0.1, 0.15) is 12.2 Å². The van der Waals surface area contributed by atoms with Crippen molar-refractivity contribution in [2.75, 3.05) is 13.2 Å². The van der Waals surface area contributed by atoms with Crippen LogP contribution in [0.4, 0.5) is 0 Å². The lowest BCUT2D eigenvalue weighted by molar-refractivity contribution is -0.00429. The minimum Gasteiger partial charge on any atom is -0.394 e. The maximum Gasteiger partial charge on any atom is 0.103 e. The summed E-state index contributed by atoms with van der Waals surface area (Å²) >= 11 is 0. The first-order valence-electron chi connectivity index (χ1n) is 4.30. The molecule has 0 aromatic carbocycles. The van der Waals surface area contributed by atoms with Crippen molar-refractivity contribution in [2.45, 2.75) is 38.3 Å². The molecule has 14 heavy (non-hydrogen) atoms. The van der Waals surface area contributed by atoms with E-state index in [1.54, 1.807) is 0 Å². The van der Waals surface area contributed by atoms with E-state index < -0.39 is 24.4 Å². The predicted molar refractivity (Wildman–Crippen MR) is 49.5 cm³/mol. The van der Waals surface area contributed by atoms with E-state index in [-0.39, 0.29) is 13.2 Å². The zero-order valence-electron chi connectivity index (χ0n) is 8.41. The van der Waals surface area contributed by atoms with Gasteiger partial charge in [0, 0.05) is 0 Å². The summed E-state index contributed by atoms with van der Waals surface area (Å²) in [7, 11) is 0. The van der Waals surface area contributed by atoms with Crippen LogP contribution in [0.3, 0.4) is 0 Å². The molecule has 0 saturated heterocycles. The fourth-order valence-corrected chi connectivity index (χ4v) is 0.305. The van der Waals surface area contributed by atoms with Crippen LogP contribution in [0.2, 0.25) is 0 Å². The van der Waals surface area contributed by atoms with Crippen LogP contribution in [-0.4, -0.2) is 68.3 Å². The number of hydrogen-bond acceptors (Lipinski definition) is 6. The summed E-state index contributed by atoms with van der Waals surface area (Å²) in [6.07, 6.45) is -3.63. The number of rotatable bonds is 4. The molecule has 6 N–H and O–H groups in total. The molecule has 0 aliphatic heterocycles. The van der Waals surface area contributed by atoms with Crippen LogP contribution in [0, 0.1) is 0 Å². The van der Waals surface area contributed by atoms with Crippen molar-refractivity contribution in [3.05, 3.63) is 0 Å². The number of aliphatic hydroxyl groups excluding tert-OH is 6. The summed E-state index contributed by atoms with van der Waals surface area (Å²) in [5, 5.41) is 49.9. The van der Waals surface area contributed by atoms with E-state index >= 15 is 0 Å². The molecule has 0 aliphatic carbocycles. The van der Waals surface area contributed by atoms with Gasteiger partial charge in [0.25, 0.3) is 0 Å². The van der Waals surface area contributed by atoms with Gasteiger partial charge in [-0.25, -0.2) is 0 Å². The van der Waals surface area contributed by atoms with Gasteiger partial charge in [-0.3, -0.25) is 0 Å². The van der Waals surface area contributed by atoms with E-state index in [1.807, 2.05) is 0 Å². The second kappa shape index (κ2) is 9.32. The van der Waals surface area contributed by atoms with Crippen molar-refractivity contribution in [3.63, 3.8) is 0 Å². The minimum atomic E-state index is -0.986. The Morgan fingerprint density at radius 3 is 0.929 bits per heavy atom. The number of hydrogen-bond donors (Lipinski definition) is 6. The summed E-state index contributed by atoms with van der Waals surface area (Å²) in [6, 6.07) is 0. The zero-order chi connectivity index (χ0) is 11.7. The highest BCUT2D eigenvalue weighted by Gasteiger charge is 2.07. The Bertz CT molecular complexity index is 102. The maximum absolute atomic E-state index is 8.44. The third kappa shape index (κ3) is 9.85. The molecule has 4 atom stereocenters. The monoisotopic (exact) mass is 212 g/mol. The molecule has 88 valence electrons. The van der Waals surface area contributed by atoms with Crippen molar-refractivity contribution < 1.29 is 30.6 Å².